The van der Waals surface area contributed by atoms with E-state index in [4.69, 9.17) is 5.73 Å². The minimum atomic E-state index is 0.133. The Morgan fingerprint density at radius 3 is 2.65 bits per heavy atom. The van der Waals surface area contributed by atoms with Crippen LogP contribution in [0.4, 0.5) is 0 Å². The fourth-order valence-corrected chi connectivity index (χ4v) is 3.54. The Kier molecular flexibility index (Phi) is 4.26. The van der Waals surface area contributed by atoms with Crippen LogP contribution in [0.2, 0.25) is 0 Å². The fraction of sp³-hybridized carbons (Fsp3) is 0.421. The van der Waals surface area contributed by atoms with Crippen molar-refractivity contribution in [2.45, 2.75) is 27.2 Å². The Balaban J connectivity index is 1.95. The minimum Gasteiger partial charge on any atom is -0.338 e. The molecule has 4 nitrogen and oxygen atoms in total. The summed E-state index contributed by atoms with van der Waals surface area (Å²) in [6.45, 7) is 8.44. The van der Waals surface area contributed by atoms with Gasteiger partial charge >= 0.3 is 0 Å². The number of hydrogen-bond donors (Lipinski definition) is 1. The third-order valence-electron chi connectivity index (χ3n) is 4.92. The van der Waals surface area contributed by atoms with Gasteiger partial charge in [-0.25, -0.2) is 0 Å². The summed E-state index contributed by atoms with van der Waals surface area (Å²) in [5, 5.41) is 0. The van der Waals surface area contributed by atoms with Crippen molar-refractivity contribution in [1.82, 2.24) is 9.47 Å². The van der Waals surface area contributed by atoms with E-state index in [2.05, 4.69) is 30.5 Å². The topological polar surface area (TPSA) is 51.3 Å². The van der Waals surface area contributed by atoms with Crippen molar-refractivity contribution >= 4 is 5.91 Å². The van der Waals surface area contributed by atoms with E-state index in [0.29, 0.717) is 12.5 Å². The first-order chi connectivity index (χ1) is 11.0. The molecule has 0 bridgehead atoms. The molecule has 1 aromatic heterocycles. The van der Waals surface area contributed by atoms with Gasteiger partial charge in [0.2, 0.25) is 0 Å². The van der Waals surface area contributed by atoms with E-state index in [0.717, 1.165) is 42.1 Å². The smallest absolute Gasteiger partial charge is 0.255 e. The zero-order chi connectivity index (χ0) is 16.6. The second-order valence-electron chi connectivity index (χ2n) is 6.55. The molecule has 2 aromatic rings. The lowest BCUT2D eigenvalue weighted by Crippen LogP contribution is -2.30. The van der Waals surface area contributed by atoms with Crippen molar-refractivity contribution in [3.05, 3.63) is 52.8 Å². The number of para-hydroxylation sites is 1. The molecule has 1 unspecified atom stereocenters. The van der Waals surface area contributed by atoms with Gasteiger partial charge in [0.05, 0.1) is 5.56 Å². The molecular weight excluding hydrogens is 286 g/mol. The Labute approximate surface area is 137 Å². The lowest BCUT2D eigenvalue weighted by atomic mass is 10.1. The third kappa shape index (κ3) is 2.79. The first-order valence-electron chi connectivity index (χ1n) is 8.27. The molecule has 1 amide bonds. The zero-order valence-corrected chi connectivity index (χ0v) is 14.2. The SMILES string of the molecule is Cc1ccccc1-n1c(C)cc(C(=O)N2CCC(CN)C2)c1C. The summed E-state index contributed by atoms with van der Waals surface area (Å²) in [5.74, 6) is 0.577. The molecule has 1 aliphatic rings. The molecular formula is C19H25N3O. The summed E-state index contributed by atoms with van der Waals surface area (Å²) in [7, 11) is 0. The van der Waals surface area contributed by atoms with Crippen molar-refractivity contribution in [3.8, 4) is 5.69 Å². The van der Waals surface area contributed by atoms with Crippen LogP contribution in [0.5, 0.6) is 0 Å². The Bertz CT molecular complexity index is 732. The average Bonchev–Trinajstić information content (AvgIpc) is 3.13. The fourth-order valence-electron chi connectivity index (χ4n) is 3.54. The maximum absolute atomic E-state index is 12.9. The molecule has 4 heteroatoms. The monoisotopic (exact) mass is 311 g/mol. The molecule has 0 radical (unpaired) electrons. The number of nitrogens with two attached hydrogens (primary N) is 1. The number of rotatable bonds is 3. The first kappa shape index (κ1) is 15.8. The second kappa shape index (κ2) is 6.20. The van der Waals surface area contributed by atoms with Gasteiger partial charge in [0.1, 0.15) is 0 Å². The number of carbonyl (C=O) groups excluding carboxylic acids is 1. The maximum atomic E-state index is 12.9. The van der Waals surface area contributed by atoms with E-state index in [1.54, 1.807) is 0 Å². The number of aromatic nitrogens is 1. The lowest BCUT2D eigenvalue weighted by molar-refractivity contribution is 0.0787. The van der Waals surface area contributed by atoms with Crippen LogP contribution in [0, 0.1) is 26.7 Å². The van der Waals surface area contributed by atoms with Crippen LogP contribution in [0.1, 0.15) is 33.7 Å². The highest BCUT2D eigenvalue weighted by Gasteiger charge is 2.28. The Hall–Kier alpha value is -2.07. The largest absolute Gasteiger partial charge is 0.338 e. The maximum Gasteiger partial charge on any atom is 0.255 e. The van der Waals surface area contributed by atoms with Gasteiger partial charge in [-0.15, -0.1) is 0 Å². The van der Waals surface area contributed by atoms with Crippen LogP contribution in [0.15, 0.2) is 30.3 Å². The van der Waals surface area contributed by atoms with Crippen molar-refractivity contribution in [2.24, 2.45) is 11.7 Å². The van der Waals surface area contributed by atoms with Crippen LogP contribution < -0.4 is 5.73 Å². The predicted molar refractivity (Wildman–Crippen MR) is 93.0 cm³/mol. The number of amides is 1. The molecule has 1 aromatic carbocycles. The van der Waals surface area contributed by atoms with Gasteiger partial charge in [0, 0.05) is 30.2 Å². The van der Waals surface area contributed by atoms with E-state index in [1.807, 2.05) is 30.0 Å². The Morgan fingerprint density at radius 2 is 2.00 bits per heavy atom. The van der Waals surface area contributed by atoms with Gasteiger partial charge in [0.25, 0.3) is 5.91 Å². The molecule has 1 saturated heterocycles. The molecule has 1 aliphatic heterocycles. The first-order valence-corrected chi connectivity index (χ1v) is 8.27. The molecule has 2 N–H and O–H groups in total. The molecule has 1 fully saturated rings. The van der Waals surface area contributed by atoms with E-state index in [9.17, 15) is 4.79 Å². The average molecular weight is 311 g/mol. The molecule has 2 heterocycles. The number of aryl methyl sites for hydroxylation is 2. The van der Waals surface area contributed by atoms with E-state index < -0.39 is 0 Å². The second-order valence-corrected chi connectivity index (χ2v) is 6.55. The number of nitrogens with zero attached hydrogens (tertiary/aromatic N) is 2. The van der Waals surface area contributed by atoms with Crippen LogP contribution >= 0.6 is 0 Å². The standard InChI is InChI=1S/C19H25N3O/c1-13-6-4-5-7-18(13)22-14(2)10-17(15(22)3)19(23)21-9-8-16(11-20)12-21/h4-7,10,16H,8-9,11-12,20H2,1-3H3. The summed E-state index contributed by atoms with van der Waals surface area (Å²) < 4.78 is 2.18. The van der Waals surface area contributed by atoms with Gasteiger partial charge < -0.3 is 15.2 Å². The highest BCUT2D eigenvalue weighted by atomic mass is 16.2. The van der Waals surface area contributed by atoms with Crippen molar-refractivity contribution < 1.29 is 4.79 Å². The summed E-state index contributed by atoms with van der Waals surface area (Å²) >= 11 is 0. The van der Waals surface area contributed by atoms with Gasteiger partial charge in [-0.2, -0.15) is 0 Å². The number of carbonyl (C=O) groups is 1. The van der Waals surface area contributed by atoms with Crippen LogP contribution in [0.3, 0.4) is 0 Å². The number of likely N-dealkylation sites (tertiary alicyclic amines) is 1. The van der Waals surface area contributed by atoms with Crippen LogP contribution in [0.25, 0.3) is 5.69 Å². The van der Waals surface area contributed by atoms with E-state index in [1.165, 1.54) is 5.56 Å². The quantitative estimate of drug-likeness (QED) is 0.947. The predicted octanol–water partition coefficient (Wildman–Crippen LogP) is 2.82. The lowest BCUT2D eigenvalue weighted by Gasteiger charge is -2.17. The van der Waals surface area contributed by atoms with Crippen molar-refractivity contribution in [3.63, 3.8) is 0 Å². The highest BCUT2D eigenvalue weighted by Crippen LogP contribution is 2.26. The zero-order valence-electron chi connectivity index (χ0n) is 14.2. The summed E-state index contributed by atoms with van der Waals surface area (Å²) in [6.07, 6.45) is 1.01. The van der Waals surface area contributed by atoms with Crippen LogP contribution in [-0.4, -0.2) is 35.0 Å². The summed E-state index contributed by atoms with van der Waals surface area (Å²) in [4.78, 5) is 14.8. The molecule has 23 heavy (non-hydrogen) atoms. The van der Waals surface area contributed by atoms with Gasteiger partial charge in [-0.3, -0.25) is 4.79 Å². The molecule has 1 atom stereocenters. The molecule has 0 aliphatic carbocycles. The molecule has 0 spiro atoms. The third-order valence-corrected chi connectivity index (χ3v) is 4.92. The minimum absolute atomic E-state index is 0.133. The van der Waals surface area contributed by atoms with Gasteiger partial charge in [-0.05, 0) is 57.4 Å². The number of hydrogen-bond acceptors (Lipinski definition) is 2. The van der Waals surface area contributed by atoms with Gasteiger partial charge in [0.15, 0.2) is 0 Å². The summed E-state index contributed by atoms with van der Waals surface area (Å²) in [5.41, 5.74) is 11.0. The van der Waals surface area contributed by atoms with E-state index >= 15 is 0 Å². The molecule has 122 valence electrons. The van der Waals surface area contributed by atoms with E-state index in [-0.39, 0.29) is 5.91 Å². The normalized spacial score (nSPS) is 17.7. The Morgan fingerprint density at radius 1 is 1.26 bits per heavy atom. The molecule has 3 rings (SSSR count). The number of benzene rings is 1. The van der Waals surface area contributed by atoms with Crippen molar-refractivity contribution in [1.29, 1.82) is 0 Å². The molecule has 0 saturated carbocycles. The van der Waals surface area contributed by atoms with Crippen molar-refractivity contribution in [2.75, 3.05) is 19.6 Å². The van der Waals surface area contributed by atoms with Gasteiger partial charge in [-0.1, -0.05) is 18.2 Å². The van der Waals surface area contributed by atoms with Crippen LogP contribution in [-0.2, 0) is 0 Å². The highest BCUT2D eigenvalue weighted by molar-refractivity contribution is 5.96. The summed E-state index contributed by atoms with van der Waals surface area (Å²) in [6, 6.07) is 10.3.